The lowest BCUT2D eigenvalue weighted by atomic mass is 10.0. The molecule has 0 aromatic heterocycles. The van der Waals surface area contributed by atoms with Crippen molar-refractivity contribution in [3.05, 3.63) is 28.8 Å². The Morgan fingerprint density at radius 1 is 0.500 bits per heavy atom. The molecule has 0 fully saturated rings. The van der Waals surface area contributed by atoms with Crippen molar-refractivity contribution in [2.45, 2.75) is 193 Å². The van der Waals surface area contributed by atoms with Crippen LogP contribution in [0.4, 0.5) is 0 Å². The molecule has 0 saturated heterocycles. The smallest absolute Gasteiger partial charge is 0.266 e. The molecule has 3 nitrogen and oxygen atoms in total. The molecule has 0 atom stereocenters. The van der Waals surface area contributed by atoms with Crippen molar-refractivity contribution in [2.24, 2.45) is 0 Å². The molecule has 1 aromatic rings. The van der Waals surface area contributed by atoms with Gasteiger partial charge in [0.15, 0.2) is 0 Å². The van der Waals surface area contributed by atoms with Crippen molar-refractivity contribution in [3.8, 4) is 0 Å². The molecule has 0 aliphatic heterocycles. The first-order valence-corrected chi connectivity index (χ1v) is 18.8. The van der Waals surface area contributed by atoms with Gasteiger partial charge in [0.05, 0.1) is 11.5 Å². The number of rotatable bonds is 28. The lowest BCUT2D eigenvalue weighted by molar-refractivity contribution is 0.305. The summed E-state index contributed by atoms with van der Waals surface area (Å²) >= 11 is 0. The molecule has 0 aliphatic rings. The normalized spacial score (nSPS) is 11.9. The van der Waals surface area contributed by atoms with Gasteiger partial charge < -0.3 is 0 Å². The van der Waals surface area contributed by atoms with Gasteiger partial charge >= 0.3 is 0 Å². The fraction of sp³-hybridized carbons (Fsp3) is 0.833. The Balaban J connectivity index is 2.18. The minimum Gasteiger partial charge on any atom is -0.266 e. The Kier molecular flexibility index (Phi) is 22.9. The van der Waals surface area contributed by atoms with E-state index in [4.69, 9.17) is 4.18 Å². The van der Waals surface area contributed by atoms with Crippen molar-refractivity contribution in [2.75, 3.05) is 6.61 Å². The van der Waals surface area contributed by atoms with Crippen molar-refractivity contribution in [3.63, 3.8) is 0 Å². The molecule has 0 unspecified atom stereocenters. The van der Waals surface area contributed by atoms with Crippen LogP contribution in [0.5, 0.6) is 0 Å². The van der Waals surface area contributed by atoms with E-state index in [0.717, 1.165) is 30.4 Å². The first-order chi connectivity index (χ1) is 19.4. The van der Waals surface area contributed by atoms with E-state index < -0.39 is 10.1 Å². The minimum absolute atomic E-state index is 0.290. The summed E-state index contributed by atoms with van der Waals surface area (Å²) in [5.41, 5.74) is 2.90. The maximum absolute atomic E-state index is 12.9. The van der Waals surface area contributed by atoms with Crippen LogP contribution >= 0.6 is 0 Å². The summed E-state index contributed by atoms with van der Waals surface area (Å²) in [6.45, 7) is 8.65. The number of aryl methyl sites for hydroxylation is 3. The van der Waals surface area contributed by atoms with Gasteiger partial charge in [0, 0.05) is 0 Å². The fourth-order valence-electron chi connectivity index (χ4n) is 5.92. The SMILES string of the molecule is CCCCCCCCCCCCCCCCc1cc(C)c(S(=O)(=O)OCCCCCCCCCCCC)c(C)c1. The highest BCUT2D eigenvalue weighted by atomic mass is 32.2. The van der Waals surface area contributed by atoms with Gasteiger partial charge in [0.1, 0.15) is 0 Å². The molecular formula is C36H66O3S. The number of hydrogen-bond acceptors (Lipinski definition) is 3. The van der Waals surface area contributed by atoms with E-state index in [2.05, 4.69) is 26.0 Å². The van der Waals surface area contributed by atoms with Gasteiger partial charge in [-0.1, -0.05) is 167 Å². The number of benzene rings is 1. The van der Waals surface area contributed by atoms with E-state index in [0.29, 0.717) is 11.5 Å². The quantitative estimate of drug-likeness (QED) is 0.0733. The highest BCUT2D eigenvalue weighted by Crippen LogP contribution is 2.25. The van der Waals surface area contributed by atoms with Gasteiger partial charge in [-0.3, -0.25) is 4.18 Å². The van der Waals surface area contributed by atoms with Gasteiger partial charge in [0.2, 0.25) is 0 Å². The average molecular weight is 579 g/mol. The van der Waals surface area contributed by atoms with Crippen molar-refractivity contribution < 1.29 is 12.6 Å². The van der Waals surface area contributed by atoms with E-state index in [-0.39, 0.29) is 0 Å². The average Bonchev–Trinajstić information content (AvgIpc) is 2.91. The summed E-state index contributed by atoms with van der Waals surface area (Å²) in [7, 11) is -3.70. The van der Waals surface area contributed by atoms with Crippen LogP contribution in [0.2, 0.25) is 0 Å². The molecule has 234 valence electrons. The third-order valence-electron chi connectivity index (χ3n) is 8.33. The summed E-state index contributed by atoms with van der Waals surface area (Å²) in [6, 6.07) is 4.12. The monoisotopic (exact) mass is 578 g/mol. The van der Waals surface area contributed by atoms with Gasteiger partial charge in [-0.05, 0) is 49.8 Å². The zero-order chi connectivity index (χ0) is 29.3. The van der Waals surface area contributed by atoms with E-state index in [1.165, 1.54) is 147 Å². The van der Waals surface area contributed by atoms with Crippen molar-refractivity contribution in [1.82, 2.24) is 0 Å². The Morgan fingerprint density at radius 2 is 0.825 bits per heavy atom. The van der Waals surface area contributed by atoms with Crippen molar-refractivity contribution in [1.29, 1.82) is 0 Å². The maximum Gasteiger partial charge on any atom is 0.297 e. The fourth-order valence-corrected chi connectivity index (χ4v) is 7.28. The third kappa shape index (κ3) is 18.5. The molecule has 0 heterocycles. The molecule has 1 aromatic carbocycles. The molecule has 40 heavy (non-hydrogen) atoms. The van der Waals surface area contributed by atoms with Gasteiger partial charge in [-0.15, -0.1) is 0 Å². The van der Waals surface area contributed by atoms with Crippen LogP contribution in [0, 0.1) is 13.8 Å². The van der Waals surface area contributed by atoms with Crippen LogP contribution in [0.15, 0.2) is 17.0 Å². The molecule has 0 aliphatic carbocycles. The molecule has 4 heteroatoms. The summed E-state index contributed by atoms with van der Waals surface area (Å²) in [5.74, 6) is 0. The Hall–Kier alpha value is -0.870. The second-order valence-corrected chi connectivity index (χ2v) is 13.9. The zero-order valence-corrected chi connectivity index (χ0v) is 28.0. The van der Waals surface area contributed by atoms with Crippen LogP contribution in [0.3, 0.4) is 0 Å². The molecule has 0 spiro atoms. The van der Waals surface area contributed by atoms with Crippen molar-refractivity contribution >= 4 is 10.1 Å². The van der Waals surface area contributed by atoms with E-state index in [1.807, 2.05) is 13.8 Å². The van der Waals surface area contributed by atoms with Gasteiger partial charge in [0.25, 0.3) is 10.1 Å². The highest BCUT2D eigenvalue weighted by Gasteiger charge is 2.21. The molecular weight excluding hydrogens is 512 g/mol. The molecule has 0 bridgehead atoms. The Bertz CT molecular complexity index is 807. The predicted octanol–water partition coefficient (Wildman–Crippen LogP) is 12.0. The van der Waals surface area contributed by atoms with Gasteiger partial charge in [-0.2, -0.15) is 8.42 Å². The van der Waals surface area contributed by atoms with E-state index >= 15 is 0 Å². The number of unbranched alkanes of at least 4 members (excludes halogenated alkanes) is 22. The summed E-state index contributed by atoms with van der Waals surface area (Å²) < 4.78 is 31.3. The summed E-state index contributed by atoms with van der Waals surface area (Å²) in [4.78, 5) is 0.379. The summed E-state index contributed by atoms with van der Waals surface area (Å²) in [5, 5.41) is 0. The molecule has 0 saturated carbocycles. The molecule has 1 rings (SSSR count). The lowest BCUT2D eigenvalue weighted by Gasteiger charge is -2.13. The maximum atomic E-state index is 12.9. The first-order valence-electron chi connectivity index (χ1n) is 17.4. The highest BCUT2D eigenvalue weighted by molar-refractivity contribution is 7.86. The Morgan fingerprint density at radius 3 is 1.20 bits per heavy atom. The Labute approximate surface area is 250 Å². The number of hydrogen-bond donors (Lipinski definition) is 0. The van der Waals surface area contributed by atoms with Crippen LogP contribution in [0.1, 0.15) is 185 Å². The van der Waals surface area contributed by atoms with E-state index in [1.54, 1.807) is 0 Å². The first kappa shape index (κ1) is 37.2. The van der Waals surface area contributed by atoms with Crippen LogP contribution in [-0.4, -0.2) is 15.0 Å². The molecule has 0 radical (unpaired) electrons. The van der Waals surface area contributed by atoms with Gasteiger partial charge in [-0.25, -0.2) is 0 Å². The second kappa shape index (κ2) is 24.7. The molecule has 0 N–H and O–H groups in total. The van der Waals surface area contributed by atoms with Crippen LogP contribution < -0.4 is 0 Å². The predicted molar refractivity (Wildman–Crippen MR) is 175 cm³/mol. The summed E-state index contributed by atoms with van der Waals surface area (Å²) in [6.07, 6.45) is 32.4. The standard InChI is InChI=1S/C36H66O3S/c1-5-7-9-11-13-15-17-18-19-20-21-23-25-27-29-35-31-33(3)36(34(4)32-35)40(37,38)39-30-28-26-24-22-16-14-12-10-8-6-2/h31-32H,5-30H2,1-4H3. The third-order valence-corrected chi connectivity index (χ3v) is 9.95. The second-order valence-electron chi connectivity index (χ2n) is 12.4. The molecule has 0 amide bonds. The lowest BCUT2D eigenvalue weighted by Crippen LogP contribution is -2.11. The topological polar surface area (TPSA) is 43.4 Å². The van der Waals surface area contributed by atoms with Crippen LogP contribution in [-0.2, 0) is 20.7 Å². The minimum atomic E-state index is -3.70. The largest absolute Gasteiger partial charge is 0.297 e. The van der Waals surface area contributed by atoms with E-state index in [9.17, 15) is 8.42 Å². The zero-order valence-electron chi connectivity index (χ0n) is 27.2. The van der Waals surface area contributed by atoms with Crippen LogP contribution in [0.25, 0.3) is 0 Å².